The van der Waals surface area contributed by atoms with Crippen molar-refractivity contribution in [1.82, 2.24) is 9.97 Å². The van der Waals surface area contributed by atoms with Crippen LogP contribution in [0.5, 0.6) is 11.5 Å². The summed E-state index contributed by atoms with van der Waals surface area (Å²) in [6.07, 6.45) is 0. The lowest BCUT2D eigenvalue weighted by Crippen LogP contribution is -2.22. The number of carbonyl (C=O) groups excluding carboxylic acids is 1. The molecule has 1 aromatic heterocycles. The lowest BCUT2D eigenvalue weighted by Gasteiger charge is -2.23. The van der Waals surface area contributed by atoms with Crippen molar-refractivity contribution >= 4 is 56.9 Å². The van der Waals surface area contributed by atoms with E-state index in [0.29, 0.717) is 33.9 Å². The molecule has 1 atom stereocenters. The number of hydrogen-bond donors (Lipinski definition) is 4. The minimum atomic E-state index is -2.57. The maximum atomic E-state index is 12.6. The minimum absolute atomic E-state index is 0.0574. The van der Waals surface area contributed by atoms with E-state index in [4.69, 9.17) is 14.6 Å². The number of nitrogens with one attached hydrogen (secondary N) is 2. The van der Waals surface area contributed by atoms with E-state index in [2.05, 4.69) is 20.6 Å². The van der Waals surface area contributed by atoms with Gasteiger partial charge < -0.3 is 25.2 Å². The first kappa shape index (κ1) is 24.9. The van der Waals surface area contributed by atoms with Crippen LogP contribution in [0, 0.1) is 0 Å². The smallest absolute Gasteiger partial charge is 0.268 e. The molecule has 1 heterocycles. The van der Waals surface area contributed by atoms with Gasteiger partial charge in [0.1, 0.15) is 18.1 Å². The standard InChI is InChI=1S/C24H23N5O6S/c1-34-18-11-16(12-19(13-18)35-2)26-23-24(28-21-9-4-3-8-20(21)27-23)29(36(32)33)17-7-5-6-15(10-17)25-22(31)14-30/h3-13,30H,14H2,1-2H3,(H,25,31)(H,26,27)(H,32,33). The van der Waals surface area contributed by atoms with Crippen molar-refractivity contribution in [3.63, 3.8) is 0 Å². The first-order valence-corrected chi connectivity index (χ1v) is 11.7. The summed E-state index contributed by atoms with van der Waals surface area (Å²) in [5, 5.41) is 14.7. The Kier molecular flexibility index (Phi) is 7.59. The monoisotopic (exact) mass is 509 g/mol. The number of anilines is 5. The van der Waals surface area contributed by atoms with Gasteiger partial charge in [-0.2, -0.15) is 0 Å². The number of carbonyl (C=O) groups is 1. The Hall–Kier alpha value is -4.26. The SMILES string of the molecule is COc1cc(Nc2nc3ccccc3nc2N(c2cccc(NC(=O)CO)c2)S(=O)O)cc(OC)c1. The number of aromatic nitrogens is 2. The maximum Gasteiger partial charge on any atom is 0.268 e. The van der Waals surface area contributed by atoms with Crippen LogP contribution in [-0.4, -0.2) is 50.6 Å². The number of para-hydroxylation sites is 2. The molecule has 0 saturated heterocycles. The summed E-state index contributed by atoms with van der Waals surface area (Å²) in [7, 11) is 3.05. The molecule has 36 heavy (non-hydrogen) atoms. The molecule has 0 bridgehead atoms. The molecule has 0 saturated carbocycles. The highest BCUT2D eigenvalue weighted by Crippen LogP contribution is 2.36. The second-order valence-corrected chi connectivity index (χ2v) is 8.22. The highest BCUT2D eigenvalue weighted by Gasteiger charge is 2.23. The van der Waals surface area contributed by atoms with Crippen LogP contribution in [0.2, 0.25) is 0 Å². The van der Waals surface area contributed by atoms with Gasteiger partial charge in [0.15, 0.2) is 11.6 Å². The molecular formula is C24H23N5O6S. The molecule has 0 fully saturated rings. The van der Waals surface area contributed by atoms with E-state index in [0.717, 1.165) is 4.31 Å². The molecule has 186 valence electrons. The van der Waals surface area contributed by atoms with E-state index >= 15 is 0 Å². The third-order valence-electron chi connectivity index (χ3n) is 5.02. The first-order valence-electron chi connectivity index (χ1n) is 10.6. The quantitative estimate of drug-likeness (QED) is 0.249. The van der Waals surface area contributed by atoms with Crippen molar-refractivity contribution in [1.29, 1.82) is 0 Å². The highest BCUT2D eigenvalue weighted by atomic mass is 32.2. The van der Waals surface area contributed by atoms with Crippen LogP contribution < -0.4 is 24.4 Å². The highest BCUT2D eigenvalue weighted by molar-refractivity contribution is 7.81. The zero-order valence-electron chi connectivity index (χ0n) is 19.3. The van der Waals surface area contributed by atoms with E-state index in [1.807, 2.05) is 6.07 Å². The number of hydrogen-bond acceptors (Lipinski definition) is 8. The number of benzene rings is 3. The van der Waals surface area contributed by atoms with E-state index in [1.54, 1.807) is 54.6 Å². The maximum absolute atomic E-state index is 12.6. The van der Waals surface area contributed by atoms with Crippen molar-refractivity contribution in [2.75, 3.05) is 35.8 Å². The van der Waals surface area contributed by atoms with Gasteiger partial charge in [-0.1, -0.05) is 18.2 Å². The summed E-state index contributed by atoms with van der Waals surface area (Å²) in [4.78, 5) is 20.9. The van der Waals surface area contributed by atoms with E-state index in [-0.39, 0.29) is 17.3 Å². The number of aliphatic hydroxyl groups excluding tert-OH is 1. The number of nitrogens with zero attached hydrogens (tertiary/aromatic N) is 3. The number of methoxy groups -OCH3 is 2. The summed E-state index contributed by atoms with van der Waals surface area (Å²) in [6, 6.07) is 18.5. The Morgan fingerprint density at radius 3 is 2.22 bits per heavy atom. The lowest BCUT2D eigenvalue weighted by molar-refractivity contribution is -0.118. The number of amides is 1. The van der Waals surface area contributed by atoms with E-state index in [1.165, 1.54) is 20.3 Å². The summed E-state index contributed by atoms with van der Waals surface area (Å²) < 4.78 is 34.6. The average Bonchev–Trinajstić information content (AvgIpc) is 2.88. The van der Waals surface area contributed by atoms with Gasteiger partial charge in [-0.25, -0.2) is 18.5 Å². The van der Waals surface area contributed by atoms with Crippen LogP contribution in [0.3, 0.4) is 0 Å². The van der Waals surface area contributed by atoms with Crippen LogP contribution >= 0.6 is 0 Å². The summed E-state index contributed by atoms with van der Waals surface area (Å²) >= 11 is -2.57. The number of ether oxygens (including phenoxy) is 2. The van der Waals surface area contributed by atoms with E-state index < -0.39 is 23.8 Å². The molecule has 1 unspecified atom stereocenters. The summed E-state index contributed by atoms with van der Waals surface area (Å²) in [6.45, 7) is -0.700. The fourth-order valence-electron chi connectivity index (χ4n) is 3.43. The molecular weight excluding hydrogens is 486 g/mol. The summed E-state index contributed by atoms with van der Waals surface area (Å²) in [5.41, 5.74) is 2.18. The number of aliphatic hydroxyl groups is 1. The van der Waals surface area contributed by atoms with Gasteiger partial charge in [0.2, 0.25) is 5.91 Å². The Labute approximate surface area is 209 Å². The Balaban J connectivity index is 1.86. The van der Waals surface area contributed by atoms with Gasteiger partial charge in [-0.15, -0.1) is 0 Å². The van der Waals surface area contributed by atoms with Crippen LogP contribution in [-0.2, 0) is 16.1 Å². The Morgan fingerprint density at radius 2 is 1.61 bits per heavy atom. The summed E-state index contributed by atoms with van der Waals surface area (Å²) in [5.74, 6) is 0.686. The predicted molar refractivity (Wildman–Crippen MR) is 137 cm³/mol. The molecule has 1 amide bonds. The molecule has 4 aromatic rings. The van der Waals surface area contributed by atoms with Crippen LogP contribution in [0.4, 0.5) is 28.7 Å². The third-order valence-corrected chi connectivity index (χ3v) is 5.72. The van der Waals surface area contributed by atoms with Gasteiger partial charge >= 0.3 is 0 Å². The number of fused-ring (bicyclic) bond motifs is 1. The van der Waals surface area contributed by atoms with Gasteiger partial charge in [0.25, 0.3) is 11.3 Å². The first-order chi connectivity index (χ1) is 17.4. The van der Waals surface area contributed by atoms with Gasteiger partial charge in [0.05, 0.1) is 30.9 Å². The van der Waals surface area contributed by atoms with Crippen molar-refractivity contribution < 1.29 is 28.1 Å². The number of rotatable bonds is 9. The van der Waals surface area contributed by atoms with Crippen molar-refractivity contribution in [2.24, 2.45) is 0 Å². The molecule has 4 rings (SSSR count). The largest absolute Gasteiger partial charge is 0.497 e. The molecule has 0 aliphatic heterocycles. The van der Waals surface area contributed by atoms with Crippen molar-refractivity contribution in [3.8, 4) is 11.5 Å². The van der Waals surface area contributed by atoms with Crippen molar-refractivity contribution in [2.45, 2.75) is 0 Å². The Morgan fingerprint density at radius 1 is 0.944 bits per heavy atom. The third kappa shape index (κ3) is 5.51. The van der Waals surface area contributed by atoms with Gasteiger partial charge in [0, 0.05) is 29.6 Å². The van der Waals surface area contributed by atoms with Crippen LogP contribution in [0.15, 0.2) is 66.7 Å². The normalized spacial score (nSPS) is 11.6. The molecule has 11 nitrogen and oxygen atoms in total. The Bertz CT molecular complexity index is 1410. The van der Waals surface area contributed by atoms with Crippen LogP contribution in [0.25, 0.3) is 11.0 Å². The van der Waals surface area contributed by atoms with Gasteiger partial charge in [-0.3, -0.25) is 9.35 Å². The van der Waals surface area contributed by atoms with Crippen molar-refractivity contribution in [3.05, 3.63) is 66.7 Å². The zero-order valence-corrected chi connectivity index (χ0v) is 20.2. The zero-order chi connectivity index (χ0) is 25.7. The predicted octanol–water partition coefficient (Wildman–Crippen LogP) is 3.60. The molecule has 0 spiro atoms. The second-order valence-electron chi connectivity index (χ2n) is 7.39. The molecule has 0 aliphatic carbocycles. The second kappa shape index (κ2) is 11.0. The topological polar surface area (TPSA) is 146 Å². The fraction of sp³-hybridized carbons (Fsp3) is 0.125. The molecule has 4 N–H and O–H groups in total. The van der Waals surface area contributed by atoms with Crippen LogP contribution in [0.1, 0.15) is 0 Å². The average molecular weight is 510 g/mol. The van der Waals surface area contributed by atoms with E-state index in [9.17, 15) is 13.6 Å². The molecule has 0 aliphatic rings. The fourth-order valence-corrected chi connectivity index (χ4v) is 4.00. The minimum Gasteiger partial charge on any atom is -0.497 e. The molecule has 3 aromatic carbocycles. The lowest BCUT2D eigenvalue weighted by atomic mass is 10.2. The van der Waals surface area contributed by atoms with Gasteiger partial charge in [-0.05, 0) is 30.3 Å². The molecule has 0 radical (unpaired) electrons. The molecule has 12 heteroatoms.